The number of fused-ring (bicyclic) bond motifs is 1. The number of para-hydroxylation sites is 1. The lowest BCUT2D eigenvalue weighted by Gasteiger charge is -2.23. The summed E-state index contributed by atoms with van der Waals surface area (Å²) >= 11 is 0. The van der Waals surface area contributed by atoms with Crippen molar-refractivity contribution < 1.29 is 18.0 Å². The molecule has 2 aromatic rings. The number of rotatable bonds is 4. The standard InChI is InChI=1S/C19H22N2O4S/c1-20(25-2)26(23,24)17-11-7-10-16(14-17)19(22)21-13-6-5-9-15-8-3-4-12-18(15)21/h3-4,7-8,10-12,14H,5-6,9,13H2,1-2H3. The van der Waals surface area contributed by atoms with Crippen molar-refractivity contribution in [2.45, 2.75) is 24.2 Å². The topological polar surface area (TPSA) is 66.9 Å². The second-order valence-electron chi connectivity index (χ2n) is 6.17. The fourth-order valence-corrected chi connectivity index (χ4v) is 4.11. The van der Waals surface area contributed by atoms with Crippen LogP contribution in [0.2, 0.25) is 0 Å². The van der Waals surface area contributed by atoms with Crippen molar-refractivity contribution in [2.75, 3.05) is 25.6 Å². The lowest BCUT2D eigenvalue weighted by Crippen LogP contribution is -2.32. The fourth-order valence-electron chi connectivity index (χ4n) is 3.09. The van der Waals surface area contributed by atoms with Crippen LogP contribution >= 0.6 is 0 Å². The van der Waals surface area contributed by atoms with Gasteiger partial charge in [0.25, 0.3) is 15.9 Å². The Hall–Kier alpha value is -2.22. The zero-order chi connectivity index (χ0) is 18.7. The number of amides is 1. The first-order valence-corrected chi connectivity index (χ1v) is 9.92. The summed E-state index contributed by atoms with van der Waals surface area (Å²) in [7, 11) is -1.21. The Balaban J connectivity index is 1.98. The Morgan fingerprint density at radius 2 is 1.88 bits per heavy atom. The zero-order valence-corrected chi connectivity index (χ0v) is 15.7. The first kappa shape index (κ1) is 18.6. The third-order valence-electron chi connectivity index (χ3n) is 4.58. The lowest BCUT2D eigenvalue weighted by atomic mass is 10.1. The molecule has 3 rings (SSSR count). The smallest absolute Gasteiger partial charge is 0.264 e. The molecule has 2 aromatic carbocycles. The zero-order valence-electron chi connectivity index (χ0n) is 14.9. The molecule has 0 aliphatic carbocycles. The van der Waals surface area contributed by atoms with Crippen molar-refractivity contribution >= 4 is 21.6 Å². The fraction of sp³-hybridized carbons (Fsp3) is 0.316. The Kier molecular flexibility index (Phi) is 5.41. The van der Waals surface area contributed by atoms with Gasteiger partial charge in [0.1, 0.15) is 0 Å². The molecule has 0 bridgehead atoms. The van der Waals surface area contributed by atoms with E-state index in [-0.39, 0.29) is 10.8 Å². The highest BCUT2D eigenvalue weighted by Gasteiger charge is 2.25. The van der Waals surface area contributed by atoms with E-state index in [4.69, 9.17) is 4.84 Å². The van der Waals surface area contributed by atoms with E-state index >= 15 is 0 Å². The molecule has 0 spiro atoms. The first-order valence-electron chi connectivity index (χ1n) is 8.48. The Morgan fingerprint density at radius 1 is 1.12 bits per heavy atom. The van der Waals surface area contributed by atoms with Crippen LogP contribution < -0.4 is 4.90 Å². The van der Waals surface area contributed by atoms with Crippen molar-refractivity contribution in [1.29, 1.82) is 0 Å². The summed E-state index contributed by atoms with van der Waals surface area (Å²) in [5.74, 6) is -0.198. The van der Waals surface area contributed by atoms with Gasteiger partial charge in [-0.05, 0) is 49.1 Å². The number of carbonyl (C=O) groups is 1. The van der Waals surface area contributed by atoms with E-state index in [1.54, 1.807) is 17.0 Å². The number of hydrogen-bond donors (Lipinski definition) is 0. The number of aryl methyl sites for hydroxylation is 1. The molecule has 7 heteroatoms. The van der Waals surface area contributed by atoms with Crippen molar-refractivity contribution in [3.63, 3.8) is 0 Å². The minimum Gasteiger partial charge on any atom is -0.308 e. The third kappa shape index (κ3) is 3.51. The van der Waals surface area contributed by atoms with Gasteiger partial charge < -0.3 is 4.90 Å². The highest BCUT2D eigenvalue weighted by Crippen LogP contribution is 2.28. The highest BCUT2D eigenvalue weighted by molar-refractivity contribution is 7.89. The summed E-state index contributed by atoms with van der Waals surface area (Å²) in [5.41, 5.74) is 2.38. The van der Waals surface area contributed by atoms with Gasteiger partial charge in [-0.25, -0.2) is 8.42 Å². The van der Waals surface area contributed by atoms with Gasteiger partial charge in [-0.3, -0.25) is 9.63 Å². The van der Waals surface area contributed by atoms with Crippen molar-refractivity contribution in [3.8, 4) is 0 Å². The minimum absolute atomic E-state index is 0.0239. The monoisotopic (exact) mass is 374 g/mol. The van der Waals surface area contributed by atoms with Crippen LogP contribution in [0, 0.1) is 0 Å². The normalized spacial score (nSPS) is 14.8. The molecule has 138 valence electrons. The number of hydroxylamine groups is 1. The molecule has 0 N–H and O–H groups in total. The minimum atomic E-state index is -3.80. The second-order valence-corrected chi connectivity index (χ2v) is 8.10. The maximum absolute atomic E-state index is 13.1. The van der Waals surface area contributed by atoms with Gasteiger partial charge in [-0.15, -0.1) is 0 Å². The Morgan fingerprint density at radius 3 is 2.65 bits per heavy atom. The number of nitrogens with zero attached hydrogens (tertiary/aromatic N) is 2. The summed E-state index contributed by atoms with van der Waals surface area (Å²) in [5, 5.41) is 0. The van der Waals surface area contributed by atoms with Gasteiger partial charge in [0.05, 0.1) is 12.0 Å². The summed E-state index contributed by atoms with van der Waals surface area (Å²) in [4.78, 5) is 19.7. The van der Waals surface area contributed by atoms with E-state index in [2.05, 4.69) is 0 Å². The van der Waals surface area contributed by atoms with E-state index in [1.165, 1.54) is 26.3 Å². The number of anilines is 1. The van der Waals surface area contributed by atoms with Crippen LogP contribution in [0.3, 0.4) is 0 Å². The predicted octanol–water partition coefficient (Wildman–Crippen LogP) is 2.85. The molecule has 0 saturated heterocycles. The summed E-state index contributed by atoms with van der Waals surface area (Å²) in [6, 6.07) is 13.9. The van der Waals surface area contributed by atoms with Crippen molar-refractivity contribution in [2.24, 2.45) is 0 Å². The third-order valence-corrected chi connectivity index (χ3v) is 6.26. The molecule has 1 aliphatic rings. The number of sulfonamides is 1. The largest absolute Gasteiger partial charge is 0.308 e. The van der Waals surface area contributed by atoms with Crippen LogP contribution in [0.25, 0.3) is 0 Å². The van der Waals surface area contributed by atoms with Gasteiger partial charge in [0, 0.05) is 24.8 Å². The van der Waals surface area contributed by atoms with Crippen LogP contribution in [-0.4, -0.2) is 39.5 Å². The highest BCUT2D eigenvalue weighted by atomic mass is 32.2. The summed E-state index contributed by atoms with van der Waals surface area (Å²) in [6.07, 6.45) is 2.87. The molecule has 0 atom stereocenters. The van der Waals surface area contributed by atoms with Gasteiger partial charge >= 0.3 is 0 Å². The van der Waals surface area contributed by atoms with Crippen LogP contribution in [-0.2, 0) is 21.3 Å². The Labute approximate surface area is 154 Å². The van der Waals surface area contributed by atoms with E-state index in [1.807, 2.05) is 24.3 Å². The van der Waals surface area contributed by atoms with Crippen LogP contribution in [0.1, 0.15) is 28.8 Å². The second kappa shape index (κ2) is 7.57. The van der Waals surface area contributed by atoms with E-state index < -0.39 is 10.0 Å². The summed E-state index contributed by atoms with van der Waals surface area (Å²) < 4.78 is 25.7. The van der Waals surface area contributed by atoms with Crippen LogP contribution in [0.4, 0.5) is 5.69 Å². The van der Waals surface area contributed by atoms with E-state index in [9.17, 15) is 13.2 Å². The molecule has 0 saturated carbocycles. The number of hydrogen-bond acceptors (Lipinski definition) is 4. The molecule has 1 aliphatic heterocycles. The molecular weight excluding hydrogens is 352 g/mol. The summed E-state index contributed by atoms with van der Waals surface area (Å²) in [6.45, 7) is 0.616. The molecule has 0 unspecified atom stereocenters. The molecule has 1 heterocycles. The molecule has 6 nitrogen and oxygen atoms in total. The van der Waals surface area contributed by atoms with Crippen LogP contribution in [0.15, 0.2) is 53.4 Å². The average Bonchev–Trinajstić information content (AvgIpc) is 2.89. The molecular formula is C19H22N2O4S. The van der Waals surface area contributed by atoms with E-state index in [0.717, 1.165) is 35.0 Å². The SMILES string of the molecule is CON(C)S(=O)(=O)c1cccc(C(=O)N2CCCCc3ccccc32)c1. The molecule has 0 fully saturated rings. The quantitative estimate of drug-likeness (QED) is 0.772. The first-order chi connectivity index (χ1) is 12.4. The maximum Gasteiger partial charge on any atom is 0.264 e. The van der Waals surface area contributed by atoms with Gasteiger partial charge in [-0.1, -0.05) is 28.7 Å². The van der Waals surface area contributed by atoms with Crippen LogP contribution in [0.5, 0.6) is 0 Å². The van der Waals surface area contributed by atoms with Crippen molar-refractivity contribution in [1.82, 2.24) is 4.47 Å². The molecule has 26 heavy (non-hydrogen) atoms. The number of carbonyl (C=O) groups excluding carboxylic acids is 1. The molecule has 1 amide bonds. The number of benzene rings is 2. The Bertz CT molecular complexity index is 911. The maximum atomic E-state index is 13.1. The lowest BCUT2D eigenvalue weighted by molar-refractivity contribution is -0.0258. The van der Waals surface area contributed by atoms with Gasteiger partial charge in [0.2, 0.25) is 0 Å². The van der Waals surface area contributed by atoms with E-state index in [0.29, 0.717) is 12.1 Å². The predicted molar refractivity (Wildman–Crippen MR) is 99.5 cm³/mol. The van der Waals surface area contributed by atoms with Crippen molar-refractivity contribution in [3.05, 3.63) is 59.7 Å². The van der Waals surface area contributed by atoms with Gasteiger partial charge in [-0.2, -0.15) is 0 Å². The molecule has 0 radical (unpaired) electrons. The molecule has 0 aromatic heterocycles. The van der Waals surface area contributed by atoms with Gasteiger partial charge in [0.15, 0.2) is 0 Å². The average molecular weight is 374 g/mol.